The Kier molecular flexibility index (Phi) is 6.69. The lowest BCUT2D eigenvalue weighted by Crippen LogP contribution is -2.08. The van der Waals surface area contributed by atoms with Crippen LogP contribution in [0.4, 0.5) is 0 Å². The van der Waals surface area contributed by atoms with Crippen molar-refractivity contribution in [3.8, 4) is 28.5 Å². The Morgan fingerprint density at radius 3 is 2.11 bits per heavy atom. The first-order chi connectivity index (χ1) is 27.7. The molecular formula is C51H32N4O. The molecule has 2 aliphatic rings. The molecule has 7 aromatic carbocycles. The molecule has 0 radical (unpaired) electrons. The minimum Gasteiger partial charge on any atom is -0.456 e. The van der Waals surface area contributed by atoms with Gasteiger partial charge in [-0.25, -0.2) is 15.0 Å². The molecule has 0 spiro atoms. The molecule has 0 bridgehead atoms. The molecule has 3 aromatic heterocycles. The molecule has 0 aliphatic heterocycles. The Hall–Kier alpha value is -7.37. The highest BCUT2D eigenvalue weighted by atomic mass is 16.3. The largest absolute Gasteiger partial charge is 0.456 e. The summed E-state index contributed by atoms with van der Waals surface area (Å²) in [5.41, 5.74) is 9.15. The van der Waals surface area contributed by atoms with Gasteiger partial charge in [0, 0.05) is 61.3 Å². The molecule has 2 aliphatic carbocycles. The third-order valence-electron chi connectivity index (χ3n) is 11.5. The second-order valence-corrected chi connectivity index (χ2v) is 14.8. The van der Waals surface area contributed by atoms with Crippen LogP contribution in [0.25, 0.3) is 99.3 Å². The molecule has 0 amide bonds. The lowest BCUT2D eigenvalue weighted by atomic mass is 9.85. The number of aromatic nitrogens is 4. The normalized spacial score (nSPS) is 15.3. The molecule has 1 unspecified atom stereocenters. The zero-order chi connectivity index (χ0) is 36.7. The molecule has 56 heavy (non-hydrogen) atoms. The number of nitrogens with zero attached hydrogens (tertiary/aromatic N) is 4. The van der Waals surface area contributed by atoms with Crippen LogP contribution in [0.1, 0.15) is 12.2 Å². The van der Waals surface area contributed by atoms with E-state index in [1.54, 1.807) is 0 Å². The summed E-state index contributed by atoms with van der Waals surface area (Å²) in [7, 11) is 0. The number of para-hydroxylation sites is 1. The molecule has 3 heterocycles. The molecule has 0 N–H and O–H groups in total. The van der Waals surface area contributed by atoms with Crippen LogP contribution in [0, 0.1) is 5.92 Å². The van der Waals surface area contributed by atoms with Crippen molar-refractivity contribution in [3.05, 3.63) is 187 Å². The molecule has 10 aromatic rings. The van der Waals surface area contributed by atoms with Crippen molar-refractivity contribution in [2.24, 2.45) is 5.92 Å². The average molecular weight is 717 g/mol. The Labute approximate surface area is 321 Å². The zero-order valence-corrected chi connectivity index (χ0v) is 30.2. The van der Waals surface area contributed by atoms with E-state index in [2.05, 4.69) is 181 Å². The minimum atomic E-state index is 0.385. The molecule has 5 heteroatoms. The topological polar surface area (TPSA) is 56.7 Å². The van der Waals surface area contributed by atoms with Gasteiger partial charge in [0.05, 0.1) is 11.0 Å². The molecule has 1 atom stereocenters. The fraction of sp³-hybridized carbons (Fsp3) is 0.0392. The van der Waals surface area contributed by atoms with Gasteiger partial charge in [-0.15, -0.1) is 0 Å². The van der Waals surface area contributed by atoms with Crippen molar-refractivity contribution in [1.82, 2.24) is 19.5 Å². The van der Waals surface area contributed by atoms with E-state index in [-0.39, 0.29) is 0 Å². The number of rotatable bonds is 4. The summed E-state index contributed by atoms with van der Waals surface area (Å²) in [6, 6.07) is 49.4. The van der Waals surface area contributed by atoms with Crippen molar-refractivity contribution < 1.29 is 4.42 Å². The fourth-order valence-corrected chi connectivity index (χ4v) is 8.75. The van der Waals surface area contributed by atoms with Crippen LogP contribution in [-0.4, -0.2) is 19.5 Å². The summed E-state index contributed by atoms with van der Waals surface area (Å²) < 4.78 is 9.09. The van der Waals surface area contributed by atoms with E-state index in [9.17, 15) is 0 Å². The molecular weight excluding hydrogens is 685 g/mol. The number of hydrogen-bond donors (Lipinski definition) is 0. The lowest BCUT2D eigenvalue weighted by molar-refractivity contribution is 0.668. The first-order valence-electron chi connectivity index (χ1n) is 19.1. The van der Waals surface area contributed by atoms with Gasteiger partial charge in [0.1, 0.15) is 11.2 Å². The van der Waals surface area contributed by atoms with E-state index in [4.69, 9.17) is 19.4 Å². The molecule has 0 fully saturated rings. The lowest BCUT2D eigenvalue weighted by Gasteiger charge is -2.20. The van der Waals surface area contributed by atoms with Crippen LogP contribution in [0.5, 0.6) is 0 Å². The number of allylic oxidation sites excluding steroid dienone is 8. The molecule has 5 nitrogen and oxygen atoms in total. The molecule has 0 saturated carbocycles. The molecule has 0 saturated heterocycles. The van der Waals surface area contributed by atoms with Crippen molar-refractivity contribution in [2.75, 3.05) is 0 Å². The van der Waals surface area contributed by atoms with Gasteiger partial charge in [-0.1, -0.05) is 127 Å². The summed E-state index contributed by atoms with van der Waals surface area (Å²) in [6.07, 6.45) is 14.1. The average Bonchev–Trinajstić information content (AvgIpc) is 3.81. The molecule has 12 rings (SSSR count). The van der Waals surface area contributed by atoms with Crippen LogP contribution in [0.15, 0.2) is 186 Å². The van der Waals surface area contributed by atoms with Gasteiger partial charge in [-0.05, 0) is 70.6 Å². The van der Waals surface area contributed by atoms with Crippen LogP contribution >= 0.6 is 0 Å². The summed E-state index contributed by atoms with van der Waals surface area (Å²) in [5, 5.41) is 9.35. The Morgan fingerprint density at radius 1 is 0.536 bits per heavy atom. The van der Waals surface area contributed by atoms with Gasteiger partial charge < -0.3 is 8.98 Å². The van der Waals surface area contributed by atoms with Crippen LogP contribution < -0.4 is 0 Å². The quantitative estimate of drug-likeness (QED) is 0.182. The Morgan fingerprint density at radius 2 is 1.21 bits per heavy atom. The summed E-state index contributed by atoms with van der Waals surface area (Å²) in [6.45, 7) is 0. The highest BCUT2D eigenvalue weighted by Crippen LogP contribution is 2.39. The summed E-state index contributed by atoms with van der Waals surface area (Å²) in [4.78, 5) is 15.3. The first-order valence-corrected chi connectivity index (χ1v) is 19.1. The van der Waals surface area contributed by atoms with Crippen LogP contribution in [-0.2, 0) is 0 Å². The van der Waals surface area contributed by atoms with Gasteiger partial charge in [0.25, 0.3) is 0 Å². The third kappa shape index (κ3) is 4.84. The number of benzene rings is 7. The predicted molar refractivity (Wildman–Crippen MR) is 230 cm³/mol. The van der Waals surface area contributed by atoms with Crippen molar-refractivity contribution >= 4 is 70.9 Å². The SMILES string of the molecule is C1=CC2=CC(c3nc(-c4ccc5ccccc5c4)nc(-c4ccc5c(c4)oc4cc(-n6c7ccccc7c7ccc8ccccc8c76)ccc45)n3)=CCC2C=C1. The highest BCUT2D eigenvalue weighted by molar-refractivity contribution is 6.19. The second-order valence-electron chi connectivity index (χ2n) is 14.8. The van der Waals surface area contributed by atoms with E-state index in [1.807, 2.05) is 0 Å². The highest BCUT2D eigenvalue weighted by Gasteiger charge is 2.21. The van der Waals surface area contributed by atoms with E-state index in [0.29, 0.717) is 23.4 Å². The Balaban J connectivity index is 1.01. The number of fused-ring (bicyclic) bond motifs is 10. The van der Waals surface area contributed by atoms with E-state index >= 15 is 0 Å². The predicted octanol–water partition coefficient (Wildman–Crippen LogP) is 13.0. The Bertz CT molecular complexity index is 3410. The van der Waals surface area contributed by atoms with E-state index in [0.717, 1.165) is 56.1 Å². The maximum atomic E-state index is 6.71. The monoisotopic (exact) mass is 716 g/mol. The maximum absolute atomic E-state index is 6.71. The number of hydrogen-bond acceptors (Lipinski definition) is 4. The third-order valence-corrected chi connectivity index (χ3v) is 11.5. The van der Waals surface area contributed by atoms with Crippen LogP contribution in [0.2, 0.25) is 0 Å². The molecule has 262 valence electrons. The first kappa shape index (κ1) is 31.0. The van der Waals surface area contributed by atoms with E-state index in [1.165, 1.54) is 43.5 Å². The van der Waals surface area contributed by atoms with Gasteiger partial charge in [0.2, 0.25) is 0 Å². The van der Waals surface area contributed by atoms with Gasteiger partial charge >= 0.3 is 0 Å². The smallest absolute Gasteiger partial charge is 0.164 e. The van der Waals surface area contributed by atoms with Crippen LogP contribution in [0.3, 0.4) is 0 Å². The van der Waals surface area contributed by atoms with E-state index < -0.39 is 0 Å². The van der Waals surface area contributed by atoms with Crippen molar-refractivity contribution in [2.45, 2.75) is 6.42 Å². The number of furan rings is 1. The van der Waals surface area contributed by atoms with Gasteiger partial charge in [0.15, 0.2) is 17.5 Å². The summed E-state index contributed by atoms with van der Waals surface area (Å²) in [5.74, 6) is 2.30. The standard InChI is InChI=1S/C51H32N4O/c1-3-12-34-27-36(19-17-31(34)9-1)49-52-50(37-20-18-32-10-2-4-13-35(32)28-37)54-51(53-49)38-22-24-42-43-26-23-39(30-47(43)56-46(42)29-38)55-45-16-8-7-15-41(45)44-25-21-33-11-5-6-14-40(33)48(44)55/h1-17,19-30,32H,18H2. The van der Waals surface area contributed by atoms with Gasteiger partial charge in [-0.3, -0.25) is 0 Å². The maximum Gasteiger partial charge on any atom is 0.164 e. The second kappa shape index (κ2) is 12.1. The summed E-state index contributed by atoms with van der Waals surface area (Å²) >= 11 is 0. The van der Waals surface area contributed by atoms with Crippen molar-refractivity contribution in [3.63, 3.8) is 0 Å². The van der Waals surface area contributed by atoms with Gasteiger partial charge in [-0.2, -0.15) is 0 Å². The van der Waals surface area contributed by atoms with Crippen molar-refractivity contribution in [1.29, 1.82) is 0 Å². The zero-order valence-electron chi connectivity index (χ0n) is 30.2. The fourth-order valence-electron chi connectivity index (χ4n) is 8.75. The minimum absolute atomic E-state index is 0.385.